The van der Waals surface area contributed by atoms with Crippen molar-refractivity contribution in [2.75, 3.05) is 11.9 Å². The van der Waals surface area contributed by atoms with E-state index in [0.29, 0.717) is 12.5 Å². The molecule has 104 valence electrons. The van der Waals surface area contributed by atoms with Crippen molar-refractivity contribution in [3.63, 3.8) is 0 Å². The lowest BCUT2D eigenvalue weighted by Crippen LogP contribution is -2.02. The Morgan fingerprint density at radius 2 is 2.20 bits per heavy atom. The van der Waals surface area contributed by atoms with E-state index in [0.717, 1.165) is 5.56 Å². The lowest BCUT2D eigenvalue weighted by atomic mass is 10.2. The van der Waals surface area contributed by atoms with E-state index in [1.54, 1.807) is 25.1 Å². The molecule has 0 aliphatic heterocycles. The van der Waals surface area contributed by atoms with Crippen LogP contribution in [0.25, 0.3) is 0 Å². The van der Waals surface area contributed by atoms with Gasteiger partial charge in [0.05, 0.1) is 4.92 Å². The summed E-state index contributed by atoms with van der Waals surface area (Å²) < 4.78 is 5.48. The van der Waals surface area contributed by atoms with Crippen molar-refractivity contribution in [3.05, 3.63) is 46.1 Å². The summed E-state index contributed by atoms with van der Waals surface area (Å²) in [5.41, 5.74) is 0.702. The van der Waals surface area contributed by atoms with Crippen LogP contribution in [0.15, 0.2) is 30.5 Å². The summed E-state index contributed by atoms with van der Waals surface area (Å²) in [6.07, 6.45) is 1.53. The number of nitrogens with one attached hydrogen (secondary N) is 1. The summed E-state index contributed by atoms with van der Waals surface area (Å²) in [6.45, 7) is 4.38. The van der Waals surface area contributed by atoms with E-state index in [4.69, 9.17) is 4.74 Å². The first-order chi connectivity index (χ1) is 9.60. The average molecular weight is 274 g/mol. The van der Waals surface area contributed by atoms with Crippen LogP contribution >= 0.6 is 0 Å². The van der Waals surface area contributed by atoms with E-state index >= 15 is 0 Å². The molecule has 0 amide bonds. The van der Waals surface area contributed by atoms with Crippen LogP contribution in [0.4, 0.5) is 11.6 Å². The number of hydrogen-bond donors (Lipinski definition) is 1. The first-order valence-corrected chi connectivity index (χ1v) is 6.10. The number of nitro benzene ring substituents is 1. The molecule has 0 saturated heterocycles. The minimum absolute atomic E-state index is 0.0892. The molecule has 7 nitrogen and oxygen atoms in total. The number of aromatic nitrogens is 2. The first-order valence-electron chi connectivity index (χ1n) is 6.10. The largest absolute Gasteiger partial charge is 0.432 e. The third-order valence-electron chi connectivity index (χ3n) is 2.49. The van der Waals surface area contributed by atoms with Crippen LogP contribution in [0, 0.1) is 17.0 Å². The highest BCUT2D eigenvalue weighted by atomic mass is 16.6. The summed E-state index contributed by atoms with van der Waals surface area (Å²) in [4.78, 5) is 18.7. The van der Waals surface area contributed by atoms with Gasteiger partial charge in [0.2, 0.25) is 17.6 Å². The zero-order valence-electron chi connectivity index (χ0n) is 11.2. The fraction of sp³-hybridized carbons (Fsp3) is 0.231. The molecule has 2 aromatic rings. The molecule has 7 heteroatoms. The van der Waals surface area contributed by atoms with Gasteiger partial charge in [0.1, 0.15) is 0 Å². The lowest BCUT2D eigenvalue weighted by Gasteiger charge is -2.07. The number of nitro groups is 1. The van der Waals surface area contributed by atoms with Gasteiger partial charge in [0, 0.05) is 24.9 Å². The van der Waals surface area contributed by atoms with Crippen LogP contribution in [0.5, 0.6) is 11.6 Å². The summed E-state index contributed by atoms with van der Waals surface area (Å²) in [6, 6.07) is 6.31. The van der Waals surface area contributed by atoms with Gasteiger partial charge in [-0.25, -0.2) is 4.98 Å². The van der Waals surface area contributed by atoms with Gasteiger partial charge in [-0.1, -0.05) is 6.07 Å². The predicted octanol–water partition coefficient (Wildman–Crippen LogP) is 2.92. The van der Waals surface area contributed by atoms with Crippen molar-refractivity contribution in [3.8, 4) is 11.6 Å². The van der Waals surface area contributed by atoms with Gasteiger partial charge in [-0.15, -0.1) is 0 Å². The van der Waals surface area contributed by atoms with Gasteiger partial charge < -0.3 is 10.1 Å². The molecule has 0 radical (unpaired) electrons. The second kappa shape index (κ2) is 5.96. The quantitative estimate of drug-likeness (QED) is 0.666. The number of aryl methyl sites for hydroxylation is 1. The van der Waals surface area contributed by atoms with E-state index in [-0.39, 0.29) is 17.3 Å². The maximum Gasteiger partial charge on any atom is 0.311 e. The molecule has 0 aliphatic carbocycles. The number of ether oxygens (including phenoxy) is 1. The summed E-state index contributed by atoms with van der Waals surface area (Å²) in [5.74, 6) is 0.824. The smallest absolute Gasteiger partial charge is 0.311 e. The molecule has 0 unspecified atom stereocenters. The third kappa shape index (κ3) is 3.19. The van der Waals surface area contributed by atoms with Gasteiger partial charge in [0.25, 0.3) is 0 Å². The number of benzene rings is 1. The van der Waals surface area contributed by atoms with Gasteiger partial charge in [0.15, 0.2) is 0 Å². The lowest BCUT2D eigenvalue weighted by molar-refractivity contribution is -0.385. The Morgan fingerprint density at radius 1 is 1.40 bits per heavy atom. The molecular weight excluding hydrogens is 260 g/mol. The van der Waals surface area contributed by atoms with Crippen molar-refractivity contribution in [1.82, 2.24) is 9.97 Å². The Kier molecular flexibility index (Phi) is 4.09. The topological polar surface area (TPSA) is 90.2 Å². The Balaban J connectivity index is 2.30. The van der Waals surface area contributed by atoms with Crippen molar-refractivity contribution in [1.29, 1.82) is 0 Å². The molecule has 0 bridgehead atoms. The molecule has 0 atom stereocenters. The maximum absolute atomic E-state index is 11.0. The molecule has 1 N–H and O–H groups in total. The van der Waals surface area contributed by atoms with Crippen LogP contribution in [0.3, 0.4) is 0 Å². The highest BCUT2D eigenvalue weighted by Gasteiger charge is 2.16. The fourth-order valence-electron chi connectivity index (χ4n) is 1.61. The minimum Gasteiger partial charge on any atom is -0.432 e. The van der Waals surface area contributed by atoms with Gasteiger partial charge >= 0.3 is 5.69 Å². The van der Waals surface area contributed by atoms with Crippen LogP contribution < -0.4 is 10.1 Å². The van der Waals surface area contributed by atoms with E-state index in [9.17, 15) is 10.1 Å². The van der Waals surface area contributed by atoms with Crippen molar-refractivity contribution >= 4 is 11.6 Å². The van der Waals surface area contributed by atoms with Crippen LogP contribution in [-0.2, 0) is 0 Å². The van der Waals surface area contributed by atoms with E-state index in [1.807, 2.05) is 6.92 Å². The third-order valence-corrected chi connectivity index (χ3v) is 2.49. The molecule has 0 saturated carbocycles. The normalized spacial score (nSPS) is 10.1. The number of nitrogens with zero attached hydrogens (tertiary/aromatic N) is 3. The Bertz CT molecular complexity index is 631. The molecule has 1 heterocycles. The van der Waals surface area contributed by atoms with E-state index in [1.165, 1.54) is 12.3 Å². The molecule has 0 spiro atoms. The molecule has 1 aromatic carbocycles. The fourth-order valence-corrected chi connectivity index (χ4v) is 1.61. The second-order valence-electron chi connectivity index (χ2n) is 4.08. The molecule has 20 heavy (non-hydrogen) atoms. The molecule has 2 rings (SSSR count). The highest BCUT2D eigenvalue weighted by Crippen LogP contribution is 2.31. The maximum atomic E-state index is 11.0. The van der Waals surface area contributed by atoms with Crippen LogP contribution in [0.1, 0.15) is 12.5 Å². The minimum atomic E-state index is -0.477. The highest BCUT2D eigenvalue weighted by molar-refractivity contribution is 5.49. The zero-order chi connectivity index (χ0) is 14.5. The first kappa shape index (κ1) is 13.7. The summed E-state index contributed by atoms with van der Waals surface area (Å²) in [5, 5.41) is 14.0. The molecule has 0 fully saturated rings. The number of rotatable bonds is 5. The van der Waals surface area contributed by atoms with Gasteiger partial charge in [-0.05, 0) is 25.5 Å². The van der Waals surface area contributed by atoms with Crippen LogP contribution in [-0.4, -0.2) is 21.4 Å². The van der Waals surface area contributed by atoms with Crippen molar-refractivity contribution < 1.29 is 9.66 Å². The Hall–Kier alpha value is -2.70. The zero-order valence-corrected chi connectivity index (χ0v) is 11.2. The van der Waals surface area contributed by atoms with Gasteiger partial charge in [-0.2, -0.15) is 4.98 Å². The van der Waals surface area contributed by atoms with E-state index < -0.39 is 4.92 Å². The van der Waals surface area contributed by atoms with Crippen molar-refractivity contribution in [2.24, 2.45) is 0 Å². The number of hydrogen-bond acceptors (Lipinski definition) is 6. The van der Waals surface area contributed by atoms with Crippen molar-refractivity contribution in [2.45, 2.75) is 13.8 Å². The second-order valence-corrected chi connectivity index (χ2v) is 4.08. The standard InChI is InChI=1S/C13H14N4O3/c1-3-14-13-15-7-6-12(16-13)20-11-5-4-9(2)8-10(11)17(18)19/h4-8H,3H2,1-2H3,(H,14,15,16). The Morgan fingerprint density at radius 3 is 2.90 bits per heavy atom. The molecular formula is C13H14N4O3. The predicted molar refractivity (Wildman–Crippen MR) is 74.1 cm³/mol. The monoisotopic (exact) mass is 274 g/mol. The summed E-state index contributed by atoms with van der Waals surface area (Å²) in [7, 11) is 0. The average Bonchev–Trinajstić information content (AvgIpc) is 2.41. The number of anilines is 1. The molecule has 1 aromatic heterocycles. The SMILES string of the molecule is CCNc1nccc(Oc2ccc(C)cc2[N+](=O)[O-])n1. The van der Waals surface area contributed by atoms with Gasteiger partial charge in [-0.3, -0.25) is 10.1 Å². The Labute approximate surface area is 115 Å². The summed E-state index contributed by atoms with van der Waals surface area (Å²) >= 11 is 0. The van der Waals surface area contributed by atoms with E-state index in [2.05, 4.69) is 15.3 Å². The van der Waals surface area contributed by atoms with Crippen LogP contribution in [0.2, 0.25) is 0 Å². The molecule has 0 aliphatic rings.